The van der Waals surface area contributed by atoms with Gasteiger partial charge in [-0.3, -0.25) is 14.6 Å². The zero-order chi connectivity index (χ0) is 24.1. The number of aryl methyl sites for hydroxylation is 1. The minimum Gasteiger partial charge on any atom is -0.507 e. The van der Waals surface area contributed by atoms with Crippen LogP contribution in [-0.2, 0) is 16.1 Å². The minimum atomic E-state index is -0.677. The van der Waals surface area contributed by atoms with Gasteiger partial charge in [-0.15, -0.1) is 11.3 Å². The number of ether oxygens (including phenoxy) is 1. The Hall–Kier alpha value is -3.45. The van der Waals surface area contributed by atoms with Crippen LogP contribution in [0.2, 0.25) is 0 Å². The van der Waals surface area contributed by atoms with Crippen molar-refractivity contribution in [2.24, 2.45) is 0 Å². The second-order valence-corrected chi connectivity index (χ2v) is 9.28. The molecule has 1 aliphatic heterocycles. The summed E-state index contributed by atoms with van der Waals surface area (Å²) in [7, 11) is 0. The Morgan fingerprint density at radius 3 is 2.47 bits per heavy atom. The molecule has 34 heavy (non-hydrogen) atoms. The van der Waals surface area contributed by atoms with Gasteiger partial charge in [-0.25, -0.2) is 0 Å². The van der Waals surface area contributed by atoms with Crippen LogP contribution in [-0.4, -0.2) is 33.3 Å². The van der Waals surface area contributed by atoms with E-state index in [-0.39, 0.29) is 17.9 Å². The van der Waals surface area contributed by atoms with Crippen LogP contribution in [0.1, 0.15) is 53.8 Å². The lowest BCUT2D eigenvalue weighted by Crippen LogP contribution is -2.29. The Morgan fingerprint density at radius 2 is 1.82 bits per heavy atom. The molecule has 1 amide bonds. The molecule has 1 aliphatic rings. The summed E-state index contributed by atoms with van der Waals surface area (Å²) in [4.78, 5) is 32.7. The molecular formula is C27H28N2O4S. The average Bonchev–Trinajstić information content (AvgIpc) is 3.38. The highest BCUT2D eigenvalue weighted by Crippen LogP contribution is 2.43. The Kier molecular flexibility index (Phi) is 7.43. The number of aliphatic hydroxyl groups excluding tert-OH is 1. The fourth-order valence-electron chi connectivity index (χ4n) is 4.07. The largest absolute Gasteiger partial charge is 0.507 e. The lowest BCUT2D eigenvalue weighted by atomic mass is 9.98. The van der Waals surface area contributed by atoms with Gasteiger partial charge in [0.25, 0.3) is 11.7 Å². The van der Waals surface area contributed by atoms with Crippen LogP contribution >= 0.6 is 11.3 Å². The summed E-state index contributed by atoms with van der Waals surface area (Å²) in [6, 6.07) is 11.9. The maximum Gasteiger partial charge on any atom is 0.295 e. The average molecular weight is 477 g/mol. The van der Waals surface area contributed by atoms with Gasteiger partial charge in [0.15, 0.2) is 0 Å². The Morgan fingerprint density at radius 1 is 1.09 bits per heavy atom. The summed E-state index contributed by atoms with van der Waals surface area (Å²) < 4.78 is 5.76. The molecule has 0 saturated carbocycles. The van der Waals surface area contributed by atoms with Crippen LogP contribution in [0.4, 0.5) is 0 Å². The van der Waals surface area contributed by atoms with Crippen LogP contribution in [0.5, 0.6) is 5.75 Å². The maximum absolute atomic E-state index is 13.2. The van der Waals surface area contributed by atoms with Gasteiger partial charge in [0.2, 0.25) is 0 Å². The van der Waals surface area contributed by atoms with Crippen molar-refractivity contribution in [2.45, 2.75) is 45.7 Å². The molecule has 7 heteroatoms. The number of Topliss-reactive ketones (excluding diaryl/α,β-unsaturated/α-hetero) is 1. The number of rotatable bonds is 9. The number of hydrogen-bond donors (Lipinski definition) is 1. The van der Waals surface area contributed by atoms with Gasteiger partial charge in [0.1, 0.15) is 17.6 Å². The number of carbonyl (C=O) groups is 2. The third-order valence-electron chi connectivity index (χ3n) is 5.94. The lowest BCUT2D eigenvalue weighted by molar-refractivity contribution is -0.140. The van der Waals surface area contributed by atoms with Gasteiger partial charge >= 0.3 is 0 Å². The molecule has 0 bridgehead atoms. The third kappa shape index (κ3) is 4.89. The van der Waals surface area contributed by atoms with Gasteiger partial charge in [-0.2, -0.15) is 0 Å². The molecule has 1 fully saturated rings. The molecule has 4 rings (SSSR count). The Balaban J connectivity index is 1.69. The van der Waals surface area contributed by atoms with Gasteiger partial charge < -0.3 is 14.7 Å². The molecule has 3 aromatic rings. The van der Waals surface area contributed by atoms with Crippen molar-refractivity contribution in [1.82, 2.24) is 9.88 Å². The summed E-state index contributed by atoms with van der Waals surface area (Å²) in [5.41, 5.74) is 2.42. The van der Waals surface area contributed by atoms with Crippen LogP contribution in [0, 0.1) is 6.92 Å². The van der Waals surface area contributed by atoms with E-state index in [0.29, 0.717) is 17.9 Å². The fraction of sp³-hybridized carbons (Fsp3) is 0.296. The lowest BCUT2D eigenvalue weighted by Gasteiger charge is -2.25. The van der Waals surface area contributed by atoms with E-state index in [9.17, 15) is 14.7 Å². The second kappa shape index (κ2) is 10.7. The number of nitrogens with zero attached hydrogens (tertiary/aromatic N) is 2. The second-order valence-electron chi connectivity index (χ2n) is 8.33. The van der Waals surface area contributed by atoms with Gasteiger partial charge in [0.05, 0.1) is 12.2 Å². The number of likely N-dealkylation sites (tertiary alicyclic amines) is 1. The van der Waals surface area contributed by atoms with Crippen LogP contribution < -0.4 is 4.74 Å². The summed E-state index contributed by atoms with van der Waals surface area (Å²) in [5, 5.41) is 13.2. The number of aromatic nitrogens is 1. The summed E-state index contributed by atoms with van der Waals surface area (Å²) in [6.07, 6.45) is 6.53. The van der Waals surface area contributed by atoms with Crippen molar-refractivity contribution in [3.05, 3.63) is 87.4 Å². The van der Waals surface area contributed by atoms with Gasteiger partial charge in [-0.1, -0.05) is 19.8 Å². The van der Waals surface area contributed by atoms with Crippen LogP contribution in [0.3, 0.4) is 0 Å². The molecule has 1 saturated heterocycles. The Bertz CT molecular complexity index is 1180. The minimum absolute atomic E-state index is 0.112. The van der Waals surface area contributed by atoms with E-state index in [1.165, 1.54) is 16.2 Å². The third-order valence-corrected chi connectivity index (χ3v) is 7.01. The molecule has 0 spiro atoms. The zero-order valence-corrected chi connectivity index (χ0v) is 20.2. The van der Waals surface area contributed by atoms with Gasteiger partial charge in [0, 0.05) is 29.4 Å². The number of thiophene rings is 1. The molecule has 6 nitrogen and oxygen atoms in total. The quantitative estimate of drug-likeness (QED) is 0.187. The number of pyridine rings is 1. The first-order valence-corrected chi connectivity index (χ1v) is 12.3. The molecule has 1 N–H and O–H groups in total. The predicted molar refractivity (Wildman–Crippen MR) is 133 cm³/mol. The SMILES string of the molecule is CCCCCOc1ccc(/C(O)=C2/C(=O)C(=O)N(Cc3ccncc3)C2c2sccc2C)cc1. The standard InChI is InChI=1S/C27H28N2O4S/c1-3-4-5-15-33-21-8-6-20(7-9-21)24(30)22-23(26-18(2)12-16-34-26)29(27(32)25(22)31)17-19-10-13-28-14-11-19/h6-14,16,23,30H,3-5,15,17H2,1-2H3/b24-22-. The number of aliphatic hydroxyl groups is 1. The van der Waals surface area contributed by atoms with E-state index >= 15 is 0 Å². The van der Waals surface area contributed by atoms with E-state index in [2.05, 4.69) is 11.9 Å². The first kappa shape index (κ1) is 23.7. The number of carbonyl (C=O) groups excluding carboxylic acids is 2. The number of hydrogen-bond acceptors (Lipinski definition) is 6. The maximum atomic E-state index is 13.2. The highest BCUT2D eigenvalue weighted by molar-refractivity contribution is 7.10. The molecule has 176 valence electrons. The van der Waals surface area contributed by atoms with Crippen molar-refractivity contribution in [3.8, 4) is 5.75 Å². The molecule has 3 heterocycles. The Labute approximate surface area is 203 Å². The van der Waals surface area contributed by atoms with Crippen molar-refractivity contribution >= 4 is 28.8 Å². The molecule has 1 atom stereocenters. The van der Waals surface area contributed by atoms with Crippen molar-refractivity contribution in [2.75, 3.05) is 6.61 Å². The number of unbranched alkanes of at least 4 members (excludes halogenated alkanes) is 2. The summed E-state index contributed by atoms with van der Waals surface area (Å²) in [6.45, 7) is 4.97. The summed E-state index contributed by atoms with van der Waals surface area (Å²) >= 11 is 1.47. The topological polar surface area (TPSA) is 79.7 Å². The first-order valence-electron chi connectivity index (χ1n) is 11.5. The van der Waals surface area contributed by atoms with E-state index in [1.54, 1.807) is 36.7 Å². The normalized spacial score (nSPS) is 17.4. The van der Waals surface area contributed by atoms with Crippen LogP contribution in [0.25, 0.3) is 5.76 Å². The van der Waals surface area contributed by atoms with Gasteiger partial charge in [-0.05, 0) is 72.3 Å². The van der Waals surface area contributed by atoms with Crippen molar-refractivity contribution in [3.63, 3.8) is 0 Å². The summed E-state index contributed by atoms with van der Waals surface area (Å²) in [5.74, 6) is -0.765. The van der Waals surface area contributed by atoms with E-state index in [4.69, 9.17) is 4.74 Å². The molecule has 1 unspecified atom stereocenters. The van der Waals surface area contributed by atoms with Crippen molar-refractivity contribution < 1.29 is 19.4 Å². The molecule has 0 aliphatic carbocycles. The monoisotopic (exact) mass is 476 g/mol. The van der Waals surface area contributed by atoms with E-state index in [0.717, 1.165) is 35.3 Å². The molecule has 0 radical (unpaired) electrons. The molecule has 1 aromatic carbocycles. The highest BCUT2D eigenvalue weighted by atomic mass is 32.1. The van der Waals surface area contributed by atoms with E-state index in [1.807, 2.05) is 30.5 Å². The fourth-order valence-corrected chi connectivity index (χ4v) is 5.12. The first-order chi connectivity index (χ1) is 16.5. The van der Waals surface area contributed by atoms with Crippen LogP contribution in [0.15, 0.2) is 65.8 Å². The van der Waals surface area contributed by atoms with Crippen molar-refractivity contribution in [1.29, 1.82) is 0 Å². The number of ketones is 1. The predicted octanol–water partition coefficient (Wildman–Crippen LogP) is 5.64. The van der Waals surface area contributed by atoms with E-state index < -0.39 is 17.7 Å². The smallest absolute Gasteiger partial charge is 0.295 e. The number of benzene rings is 1. The molecule has 2 aromatic heterocycles. The molecular weight excluding hydrogens is 448 g/mol. The number of amides is 1. The zero-order valence-electron chi connectivity index (χ0n) is 19.4. The highest BCUT2D eigenvalue weighted by Gasteiger charge is 2.47.